The molecule has 2 aliphatic heterocycles. The van der Waals surface area contributed by atoms with Crippen molar-refractivity contribution in [2.24, 2.45) is 0 Å². The smallest absolute Gasteiger partial charge is 0.257 e. The highest BCUT2D eigenvalue weighted by Crippen LogP contribution is 2.29. The molecule has 0 aliphatic carbocycles. The molecule has 298 valence electrons. The molecule has 2 aromatic heterocycles. The van der Waals surface area contributed by atoms with Gasteiger partial charge in [-0.25, -0.2) is 18.7 Å². The summed E-state index contributed by atoms with van der Waals surface area (Å²) >= 11 is 3.14. The highest BCUT2D eigenvalue weighted by molar-refractivity contribution is 7.98. The summed E-state index contributed by atoms with van der Waals surface area (Å²) < 4.78 is 44.2. The molecular formula is C40H46F2N6O6S2. The van der Waals surface area contributed by atoms with Crippen LogP contribution in [0.15, 0.2) is 82.8 Å². The van der Waals surface area contributed by atoms with Crippen molar-refractivity contribution in [3.63, 3.8) is 0 Å². The lowest BCUT2D eigenvalue weighted by molar-refractivity contribution is -0.137. The van der Waals surface area contributed by atoms with E-state index in [-0.39, 0.29) is 53.4 Å². The lowest BCUT2D eigenvalue weighted by atomic mass is 10.0. The Morgan fingerprint density at radius 1 is 0.768 bits per heavy atom. The Morgan fingerprint density at radius 2 is 1.25 bits per heavy atom. The molecule has 16 heteroatoms. The lowest BCUT2D eigenvalue weighted by Gasteiger charge is -2.32. The predicted octanol–water partition coefficient (Wildman–Crippen LogP) is 6.71. The molecule has 0 bridgehead atoms. The van der Waals surface area contributed by atoms with Gasteiger partial charge in [0, 0.05) is 41.6 Å². The van der Waals surface area contributed by atoms with Crippen LogP contribution in [0.2, 0.25) is 0 Å². The van der Waals surface area contributed by atoms with Crippen molar-refractivity contribution < 1.29 is 37.4 Å². The van der Waals surface area contributed by atoms with E-state index < -0.39 is 17.5 Å². The van der Waals surface area contributed by atoms with E-state index in [1.54, 1.807) is 40.6 Å². The van der Waals surface area contributed by atoms with Crippen molar-refractivity contribution in [3.8, 4) is 23.3 Å². The number of pyridine rings is 2. The maximum Gasteiger partial charge on any atom is 0.257 e. The number of carbonyl (C=O) groups excluding carboxylic acids is 3. The zero-order chi connectivity index (χ0) is 39.9. The molecule has 4 heterocycles. The molecule has 6 rings (SSSR count). The summed E-state index contributed by atoms with van der Waals surface area (Å²) in [6, 6.07) is 17.0. The van der Waals surface area contributed by atoms with Gasteiger partial charge in [0.1, 0.15) is 40.9 Å². The summed E-state index contributed by atoms with van der Waals surface area (Å²) in [5, 5.41) is 9.10. The number of nitrogens with one attached hydrogen (secondary N) is 3. The van der Waals surface area contributed by atoms with E-state index in [2.05, 4.69) is 25.9 Å². The third kappa shape index (κ3) is 12.6. The van der Waals surface area contributed by atoms with Crippen LogP contribution in [0.3, 0.4) is 0 Å². The van der Waals surface area contributed by atoms with Gasteiger partial charge in [-0.2, -0.15) is 0 Å². The van der Waals surface area contributed by atoms with E-state index in [0.29, 0.717) is 44.0 Å². The van der Waals surface area contributed by atoms with Crippen LogP contribution in [0.5, 0.6) is 23.3 Å². The first-order chi connectivity index (χ1) is 27.1. The van der Waals surface area contributed by atoms with Gasteiger partial charge in [0.15, 0.2) is 0 Å². The number of ether oxygens (including phenoxy) is 3. The third-order valence-electron chi connectivity index (χ3n) is 8.92. The number of nitrogens with zero attached hydrogens (tertiary/aromatic N) is 3. The fourth-order valence-corrected chi connectivity index (χ4v) is 6.84. The fourth-order valence-electron chi connectivity index (χ4n) is 5.94. The molecule has 12 nitrogen and oxygen atoms in total. The summed E-state index contributed by atoms with van der Waals surface area (Å²) in [7, 11) is 0. The second kappa shape index (κ2) is 21.5. The molecule has 0 spiro atoms. The first kappa shape index (κ1) is 42.4. The summed E-state index contributed by atoms with van der Waals surface area (Å²) in [5.74, 6) is -0.843. The van der Waals surface area contributed by atoms with Gasteiger partial charge in [-0.15, -0.1) is 23.5 Å². The van der Waals surface area contributed by atoms with Crippen molar-refractivity contribution >= 4 is 41.2 Å². The molecule has 56 heavy (non-hydrogen) atoms. The number of hydrogen-bond donors (Lipinski definition) is 3. The second-order valence-corrected chi connectivity index (χ2v) is 14.6. The first-order valence-electron chi connectivity index (χ1n) is 18.3. The van der Waals surface area contributed by atoms with Crippen LogP contribution in [0.25, 0.3) is 0 Å². The van der Waals surface area contributed by atoms with E-state index in [1.807, 2.05) is 55.8 Å². The van der Waals surface area contributed by atoms with Crippen LogP contribution in [0.1, 0.15) is 53.3 Å². The number of piperidine rings is 2. The fraction of sp³-hybridized carbons (Fsp3) is 0.375. The van der Waals surface area contributed by atoms with E-state index in [4.69, 9.17) is 14.2 Å². The molecule has 2 aliphatic rings. The van der Waals surface area contributed by atoms with Gasteiger partial charge < -0.3 is 35.1 Å². The molecule has 4 aromatic rings. The number of amides is 3. The minimum Gasteiger partial charge on any atom is -0.438 e. The molecule has 2 saturated heterocycles. The Balaban J connectivity index is 0.000000219. The second-order valence-electron chi connectivity index (χ2n) is 12.8. The number of hydrogen-bond acceptors (Lipinski definition) is 11. The highest BCUT2D eigenvalue weighted by Gasteiger charge is 2.26. The van der Waals surface area contributed by atoms with E-state index in [1.165, 1.54) is 0 Å². The molecule has 2 aromatic carbocycles. The van der Waals surface area contributed by atoms with Crippen molar-refractivity contribution in [1.29, 1.82) is 0 Å². The molecule has 0 radical (unpaired) electrons. The largest absolute Gasteiger partial charge is 0.438 e. The monoisotopic (exact) mass is 808 g/mol. The van der Waals surface area contributed by atoms with Crippen LogP contribution in [0, 0.1) is 11.6 Å². The normalized spacial score (nSPS) is 14.6. The molecule has 0 atom stereocenters. The van der Waals surface area contributed by atoms with Gasteiger partial charge in [-0.1, -0.05) is 12.1 Å². The summed E-state index contributed by atoms with van der Waals surface area (Å²) in [6.07, 6.45) is 8.90. The van der Waals surface area contributed by atoms with Gasteiger partial charge in [-0.05, 0) is 107 Å². The van der Waals surface area contributed by atoms with E-state index in [0.717, 1.165) is 60.2 Å². The van der Waals surface area contributed by atoms with Gasteiger partial charge in [0.05, 0.1) is 12.4 Å². The number of rotatable bonds is 13. The number of aromatic nitrogens is 2. The van der Waals surface area contributed by atoms with E-state index in [9.17, 15) is 23.2 Å². The van der Waals surface area contributed by atoms with Crippen molar-refractivity contribution in [1.82, 2.24) is 30.8 Å². The standard InChI is InChI=1S/C22H26FN3O4S.C18H20FN3O2S/c1-3-29-14-20(27)26-9-7-16(8-10-26)25-21(28)19-11-15(23)13-24-22(19)30-17-5-4-6-18(12-17)31-2;1-25-15-4-2-3-14(10-15)24-18-16(9-12(19)11-21-18)17(23)22-13-5-7-20-8-6-13/h4-6,11-13,16H,3,7-10,14H2,1-2H3,(H,25,28);2-4,9-11,13,20H,5-8H2,1H3,(H,22,23). The third-order valence-corrected chi connectivity index (χ3v) is 10.4. The Labute approximate surface area is 333 Å². The van der Waals surface area contributed by atoms with Crippen LogP contribution in [0.4, 0.5) is 8.78 Å². The van der Waals surface area contributed by atoms with Crippen LogP contribution >= 0.6 is 23.5 Å². The van der Waals surface area contributed by atoms with Crippen LogP contribution < -0.4 is 25.4 Å². The van der Waals surface area contributed by atoms with Crippen LogP contribution in [-0.4, -0.2) is 96.6 Å². The number of benzene rings is 2. The Kier molecular flexibility index (Phi) is 16.3. The summed E-state index contributed by atoms with van der Waals surface area (Å²) in [4.78, 5) is 49.2. The average molecular weight is 809 g/mol. The Morgan fingerprint density at radius 3 is 1.71 bits per heavy atom. The SMILES string of the molecule is CCOCC(=O)N1CCC(NC(=O)c2cc(F)cnc2Oc2cccc(SC)c2)CC1.CSc1cccc(Oc2ncc(F)cc2C(=O)NC2CCNCC2)c1. The Bertz CT molecular complexity index is 1950. The minimum absolute atomic E-state index is 0.0319. The zero-order valence-corrected chi connectivity index (χ0v) is 33.2. The number of carbonyl (C=O) groups is 3. The average Bonchev–Trinajstić information content (AvgIpc) is 3.22. The predicted molar refractivity (Wildman–Crippen MR) is 212 cm³/mol. The van der Waals surface area contributed by atoms with Gasteiger partial charge >= 0.3 is 0 Å². The number of likely N-dealkylation sites (tertiary alicyclic amines) is 1. The molecule has 2 fully saturated rings. The molecular weight excluding hydrogens is 763 g/mol. The van der Waals surface area contributed by atoms with Crippen molar-refractivity contribution in [2.75, 3.05) is 51.9 Å². The molecule has 3 amide bonds. The summed E-state index contributed by atoms with van der Waals surface area (Å²) in [6.45, 7) is 5.18. The maximum absolute atomic E-state index is 13.8. The molecule has 0 unspecified atom stereocenters. The lowest BCUT2D eigenvalue weighted by Crippen LogP contribution is -2.47. The van der Waals surface area contributed by atoms with Gasteiger partial charge in [0.25, 0.3) is 11.8 Å². The van der Waals surface area contributed by atoms with Gasteiger partial charge in [-0.3, -0.25) is 14.4 Å². The molecule has 3 N–H and O–H groups in total. The van der Waals surface area contributed by atoms with Crippen molar-refractivity contribution in [3.05, 3.63) is 95.8 Å². The van der Waals surface area contributed by atoms with E-state index >= 15 is 0 Å². The van der Waals surface area contributed by atoms with Crippen molar-refractivity contribution in [2.45, 2.75) is 54.5 Å². The highest BCUT2D eigenvalue weighted by atomic mass is 32.2. The topological polar surface area (TPSA) is 144 Å². The number of halogens is 2. The first-order valence-corrected chi connectivity index (χ1v) is 20.7. The minimum atomic E-state index is -0.619. The Hall–Kier alpha value is -4.77. The quantitative estimate of drug-likeness (QED) is 0.124. The molecule has 0 saturated carbocycles. The van der Waals surface area contributed by atoms with Crippen LogP contribution in [-0.2, 0) is 9.53 Å². The van der Waals surface area contributed by atoms with Gasteiger partial charge in [0.2, 0.25) is 17.7 Å². The zero-order valence-electron chi connectivity index (χ0n) is 31.5. The maximum atomic E-state index is 13.8. The number of thioether (sulfide) groups is 2. The summed E-state index contributed by atoms with van der Waals surface area (Å²) in [5.41, 5.74) is 0.137.